The largest absolute Gasteiger partial charge is 0.461 e. The maximum atomic E-state index is 12.0. The fourth-order valence-electron chi connectivity index (χ4n) is 3.18. The molecule has 0 unspecified atom stereocenters. The minimum absolute atomic E-state index is 0.0716. The second-order valence-corrected chi connectivity index (χ2v) is 7.31. The monoisotopic (exact) mass is 376 g/mol. The molecular weight excluding hydrogens is 344 g/mol. The van der Waals surface area contributed by atoms with Crippen LogP contribution in [0.5, 0.6) is 0 Å². The number of cyclic esters (lactones) is 1. The van der Waals surface area contributed by atoms with Crippen LogP contribution < -0.4 is 0 Å². The molecule has 0 spiro atoms. The van der Waals surface area contributed by atoms with Crippen molar-refractivity contribution in [2.24, 2.45) is 0 Å². The van der Waals surface area contributed by atoms with Gasteiger partial charge in [-0.1, -0.05) is 69.4 Å². The highest BCUT2D eigenvalue weighted by Gasteiger charge is 2.42. The summed E-state index contributed by atoms with van der Waals surface area (Å²) in [6.07, 6.45) is 8.03. The summed E-state index contributed by atoms with van der Waals surface area (Å²) in [5.74, 6) is -0.485. The number of esters is 2. The molecule has 0 saturated carbocycles. The minimum atomic E-state index is -0.845. The van der Waals surface area contributed by atoms with Crippen LogP contribution >= 0.6 is 0 Å². The van der Waals surface area contributed by atoms with Crippen LogP contribution in [0.1, 0.15) is 70.3 Å². The van der Waals surface area contributed by atoms with Crippen molar-refractivity contribution >= 4 is 11.9 Å². The molecular formula is C22H32O5. The number of carbonyl (C=O) groups excluding carboxylic acids is 2. The van der Waals surface area contributed by atoms with Gasteiger partial charge in [0, 0.05) is 19.3 Å². The van der Waals surface area contributed by atoms with Gasteiger partial charge in [-0.05, 0) is 12.0 Å². The third kappa shape index (κ3) is 8.12. The van der Waals surface area contributed by atoms with E-state index < -0.39 is 5.60 Å². The predicted molar refractivity (Wildman–Crippen MR) is 103 cm³/mol. The maximum Gasteiger partial charge on any atom is 0.306 e. The van der Waals surface area contributed by atoms with Crippen LogP contribution in [0.3, 0.4) is 0 Å². The van der Waals surface area contributed by atoms with Crippen molar-refractivity contribution in [1.82, 2.24) is 0 Å². The van der Waals surface area contributed by atoms with Gasteiger partial charge in [-0.2, -0.15) is 0 Å². The smallest absolute Gasteiger partial charge is 0.306 e. The van der Waals surface area contributed by atoms with Crippen LogP contribution in [0, 0.1) is 0 Å². The van der Waals surface area contributed by atoms with Crippen molar-refractivity contribution in [3.63, 3.8) is 0 Å². The fourth-order valence-corrected chi connectivity index (χ4v) is 3.18. The summed E-state index contributed by atoms with van der Waals surface area (Å²) in [5.41, 5.74) is 0.208. The van der Waals surface area contributed by atoms with E-state index in [1.807, 2.05) is 30.3 Å². The number of carbonyl (C=O) groups is 2. The van der Waals surface area contributed by atoms with E-state index in [1.54, 1.807) is 0 Å². The minimum Gasteiger partial charge on any atom is -0.461 e. The lowest BCUT2D eigenvalue weighted by Crippen LogP contribution is -2.40. The van der Waals surface area contributed by atoms with E-state index in [-0.39, 0.29) is 25.2 Å². The third-order valence-corrected chi connectivity index (χ3v) is 4.82. The number of hydrogen-bond donors (Lipinski definition) is 0. The first-order valence-corrected chi connectivity index (χ1v) is 10.1. The zero-order valence-electron chi connectivity index (χ0n) is 16.4. The molecule has 1 aliphatic rings. The number of rotatable bonds is 13. The highest BCUT2D eigenvalue weighted by Crippen LogP contribution is 2.28. The van der Waals surface area contributed by atoms with E-state index >= 15 is 0 Å². The summed E-state index contributed by atoms with van der Waals surface area (Å²) in [7, 11) is 0. The SMILES string of the molecule is CCCCCCCCC(=O)OC[C@]1(COCc2ccccc2)CCC(=O)O1. The zero-order valence-corrected chi connectivity index (χ0v) is 16.4. The Labute approximate surface area is 162 Å². The maximum absolute atomic E-state index is 12.0. The molecule has 27 heavy (non-hydrogen) atoms. The first kappa shape index (κ1) is 21.4. The molecule has 0 aliphatic carbocycles. The van der Waals surface area contributed by atoms with E-state index in [0.29, 0.717) is 25.9 Å². The van der Waals surface area contributed by atoms with Crippen molar-refractivity contribution in [2.75, 3.05) is 13.2 Å². The molecule has 1 aliphatic heterocycles. The Hall–Kier alpha value is -1.88. The molecule has 2 rings (SSSR count). The molecule has 0 aromatic heterocycles. The van der Waals surface area contributed by atoms with E-state index in [9.17, 15) is 9.59 Å². The lowest BCUT2D eigenvalue weighted by atomic mass is 10.0. The summed E-state index contributed by atoms with van der Waals surface area (Å²) in [5, 5.41) is 0. The summed E-state index contributed by atoms with van der Waals surface area (Å²) in [4.78, 5) is 23.6. The lowest BCUT2D eigenvalue weighted by molar-refractivity contribution is -0.169. The van der Waals surface area contributed by atoms with Crippen molar-refractivity contribution in [2.45, 2.75) is 76.9 Å². The van der Waals surface area contributed by atoms with Gasteiger partial charge >= 0.3 is 11.9 Å². The van der Waals surface area contributed by atoms with Gasteiger partial charge in [0.2, 0.25) is 0 Å². The van der Waals surface area contributed by atoms with Crippen molar-refractivity contribution in [1.29, 1.82) is 0 Å². The number of benzene rings is 1. The molecule has 5 heteroatoms. The Morgan fingerprint density at radius 1 is 1.07 bits per heavy atom. The first-order chi connectivity index (χ1) is 13.1. The predicted octanol–water partition coefficient (Wildman–Crippen LogP) is 4.57. The molecule has 1 aromatic carbocycles. The van der Waals surface area contributed by atoms with Crippen molar-refractivity contribution in [3.8, 4) is 0 Å². The molecule has 1 saturated heterocycles. The normalized spacial score (nSPS) is 19.1. The number of ether oxygens (including phenoxy) is 3. The average molecular weight is 376 g/mol. The van der Waals surface area contributed by atoms with Crippen LogP contribution in [0.25, 0.3) is 0 Å². The second-order valence-electron chi connectivity index (χ2n) is 7.31. The molecule has 0 radical (unpaired) electrons. The third-order valence-electron chi connectivity index (χ3n) is 4.82. The van der Waals surface area contributed by atoms with Crippen molar-refractivity contribution in [3.05, 3.63) is 35.9 Å². The van der Waals surface area contributed by atoms with Gasteiger partial charge in [-0.15, -0.1) is 0 Å². The molecule has 0 bridgehead atoms. The van der Waals surface area contributed by atoms with Gasteiger partial charge in [-0.25, -0.2) is 0 Å². The second kappa shape index (κ2) is 11.8. The topological polar surface area (TPSA) is 61.8 Å². The van der Waals surface area contributed by atoms with E-state index in [2.05, 4.69) is 6.92 Å². The summed E-state index contributed by atoms with van der Waals surface area (Å²) >= 11 is 0. The molecule has 1 atom stereocenters. The van der Waals surface area contributed by atoms with E-state index in [4.69, 9.17) is 14.2 Å². The van der Waals surface area contributed by atoms with Gasteiger partial charge in [0.25, 0.3) is 0 Å². The van der Waals surface area contributed by atoms with E-state index in [1.165, 1.54) is 19.3 Å². The first-order valence-electron chi connectivity index (χ1n) is 10.1. The molecule has 5 nitrogen and oxygen atoms in total. The lowest BCUT2D eigenvalue weighted by Gasteiger charge is -2.27. The summed E-state index contributed by atoms with van der Waals surface area (Å²) < 4.78 is 16.6. The van der Waals surface area contributed by atoms with Gasteiger partial charge in [-0.3, -0.25) is 9.59 Å². The van der Waals surface area contributed by atoms with Crippen LogP contribution in [0.4, 0.5) is 0 Å². The summed E-state index contributed by atoms with van der Waals surface area (Å²) in [6, 6.07) is 9.82. The molecule has 0 amide bonds. The molecule has 1 fully saturated rings. The molecule has 0 N–H and O–H groups in total. The Morgan fingerprint density at radius 3 is 2.52 bits per heavy atom. The average Bonchev–Trinajstić information content (AvgIpc) is 3.05. The quantitative estimate of drug-likeness (QED) is 0.373. The van der Waals surface area contributed by atoms with Gasteiger partial charge in [0.1, 0.15) is 6.61 Å². The van der Waals surface area contributed by atoms with Gasteiger partial charge in [0.05, 0.1) is 13.2 Å². The van der Waals surface area contributed by atoms with Crippen LogP contribution in [0.2, 0.25) is 0 Å². The summed E-state index contributed by atoms with van der Waals surface area (Å²) in [6.45, 7) is 2.93. The van der Waals surface area contributed by atoms with Gasteiger partial charge < -0.3 is 14.2 Å². The van der Waals surface area contributed by atoms with Crippen LogP contribution in [-0.4, -0.2) is 30.8 Å². The van der Waals surface area contributed by atoms with Gasteiger partial charge in [0.15, 0.2) is 5.60 Å². The molecule has 150 valence electrons. The number of hydrogen-bond acceptors (Lipinski definition) is 5. The fraction of sp³-hybridized carbons (Fsp3) is 0.636. The zero-order chi connectivity index (χ0) is 19.4. The number of unbranched alkanes of at least 4 members (excludes halogenated alkanes) is 5. The highest BCUT2D eigenvalue weighted by molar-refractivity contribution is 5.72. The Kier molecular flexibility index (Phi) is 9.32. The highest BCUT2D eigenvalue weighted by atomic mass is 16.6. The van der Waals surface area contributed by atoms with Crippen molar-refractivity contribution < 1.29 is 23.8 Å². The Morgan fingerprint density at radius 2 is 1.81 bits per heavy atom. The van der Waals surface area contributed by atoms with Crippen LogP contribution in [0.15, 0.2) is 30.3 Å². The Balaban J connectivity index is 1.70. The molecule has 1 aromatic rings. The Bertz CT molecular complexity index is 571. The molecule has 1 heterocycles. The standard InChI is InChI=1S/C22H32O5/c1-2-3-4-5-6-10-13-20(23)26-18-22(15-14-21(24)27-22)17-25-16-19-11-8-7-9-12-19/h7-9,11-12H,2-6,10,13-18H2,1H3/t22-/m1/s1. The van der Waals surface area contributed by atoms with Crippen LogP contribution in [-0.2, 0) is 30.4 Å². The van der Waals surface area contributed by atoms with E-state index in [0.717, 1.165) is 24.8 Å².